The Morgan fingerprint density at radius 1 is 1.24 bits per heavy atom. The lowest BCUT2D eigenvalue weighted by atomic mass is 10.1. The summed E-state index contributed by atoms with van der Waals surface area (Å²) in [6, 6.07) is 6.90. The summed E-state index contributed by atoms with van der Waals surface area (Å²) >= 11 is 0. The molecule has 0 bridgehead atoms. The molecule has 0 atom stereocenters. The summed E-state index contributed by atoms with van der Waals surface area (Å²) < 4.78 is 5.33. The number of carboxylic acid groups (broad SMARTS) is 1. The standard InChI is InChI=1S/C12H10O5/c13-8(12(15)16)5-6-10-11(14)7-3-1-2-4-9(7)17-10/h1-4,14H,5-6H2,(H,15,16). The first kappa shape index (κ1) is 11.2. The van der Waals surface area contributed by atoms with E-state index in [9.17, 15) is 14.7 Å². The van der Waals surface area contributed by atoms with Crippen molar-refractivity contribution in [3.8, 4) is 5.75 Å². The van der Waals surface area contributed by atoms with Gasteiger partial charge in [0.1, 0.15) is 11.3 Å². The maximum Gasteiger partial charge on any atom is 0.372 e. The van der Waals surface area contributed by atoms with E-state index >= 15 is 0 Å². The van der Waals surface area contributed by atoms with E-state index in [-0.39, 0.29) is 24.4 Å². The Morgan fingerprint density at radius 2 is 1.94 bits per heavy atom. The van der Waals surface area contributed by atoms with Crippen molar-refractivity contribution in [3.05, 3.63) is 30.0 Å². The largest absolute Gasteiger partial charge is 0.504 e. The number of carbonyl (C=O) groups is 2. The predicted octanol–water partition coefficient (Wildman–Crippen LogP) is 1.72. The van der Waals surface area contributed by atoms with E-state index in [4.69, 9.17) is 9.52 Å². The molecule has 0 aliphatic heterocycles. The van der Waals surface area contributed by atoms with Gasteiger partial charge in [0.15, 0.2) is 5.75 Å². The highest BCUT2D eigenvalue weighted by Crippen LogP contribution is 2.32. The highest BCUT2D eigenvalue weighted by Gasteiger charge is 2.16. The number of carboxylic acids is 1. The van der Waals surface area contributed by atoms with Gasteiger partial charge in [-0.3, -0.25) is 4.79 Å². The number of aliphatic carboxylic acids is 1. The highest BCUT2D eigenvalue weighted by molar-refractivity contribution is 6.32. The second kappa shape index (κ2) is 4.29. The van der Waals surface area contributed by atoms with Gasteiger partial charge in [-0.05, 0) is 12.1 Å². The lowest BCUT2D eigenvalue weighted by molar-refractivity contribution is -0.149. The number of aromatic hydroxyl groups is 1. The average Bonchev–Trinajstić information content (AvgIpc) is 2.64. The van der Waals surface area contributed by atoms with Gasteiger partial charge in [-0.1, -0.05) is 12.1 Å². The van der Waals surface area contributed by atoms with Crippen LogP contribution >= 0.6 is 0 Å². The van der Waals surface area contributed by atoms with Crippen molar-refractivity contribution in [2.75, 3.05) is 0 Å². The number of benzene rings is 1. The van der Waals surface area contributed by atoms with Gasteiger partial charge in [0.05, 0.1) is 5.39 Å². The molecule has 1 aromatic heterocycles. The van der Waals surface area contributed by atoms with Gasteiger partial charge >= 0.3 is 5.97 Å². The Kier molecular flexibility index (Phi) is 2.82. The number of carbonyl (C=O) groups excluding carboxylic acids is 1. The van der Waals surface area contributed by atoms with Crippen LogP contribution in [-0.2, 0) is 16.0 Å². The minimum atomic E-state index is -1.47. The van der Waals surface area contributed by atoms with Crippen LogP contribution in [0.4, 0.5) is 0 Å². The van der Waals surface area contributed by atoms with Crippen LogP contribution in [-0.4, -0.2) is 22.0 Å². The number of hydrogen-bond acceptors (Lipinski definition) is 4. The SMILES string of the molecule is O=C(O)C(=O)CCc1oc2ccccc2c1O. The zero-order chi connectivity index (χ0) is 12.4. The molecule has 5 nitrogen and oxygen atoms in total. The van der Waals surface area contributed by atoms with Gasteiger partial charge in [0.25, 0.3) is 0 Å². The average molecular weight is 234 g/mol. The predicted molar refractivity (Wildman–Crippen MR) is 58.8 cm³/mol. The number of Topliss-reactive ketones (excluding diaryl/α,β-unsaturated/α-hetero) is 1. The number of furan rings is 1. The third-order valence-corrected chi connectivity index (χ3v) is 2.46. The molecule has 0 radical (unpaired) electrons. The van der Waals surface area contributed by atoms with Crippen LogP contribution in [0.15, 0.2) is 28.7 Å². The van der Waals surface area contributed by atoms with E-state index in [2.05, 4.69) is 0 Å². The van der Waals surface area contributed by atoms with Crippen molar-refractivity contribution < 1.29 is 24.2 Å². The second-order valence-corrected chi connectivity index (χ2v) is 3.60. The molecule has 0 unspecified atom stereocenters. The number of hydrogen-bond donors (Lipinski definition) is 2. The Morgan fingerprint density at radius 3 is 2.59 bits per heavy atom. The lowest BCUT2D eigenvalue weighted by Gasteiger charge is -1.94. The van der Waals surface area contributed by atoms with Crippen molar-refractivity contribution in [2.24, 2.45) is 0 Å². The molecule has 0 fully saturated rings. The van der Waals surface area contributed by atoms with Gasteiger partial charge < -0.3 is 14.6 Å². The fraction of sp³-hybridized carbons (Fsp3) is 0.167. The molecule has 0 aliphatic carbocycles. The van der Waals surface area contributed by atoms with Crippen molar-refractivity contribution in [1.29, 1.82) is 0 Å². The van der Waals surface area contributed by atoms with Crippen LogP contribution < -0.4 is 0 Å². The van der Waals surface area contributed by atoms with Crippen LogP contribution in [0.1, 0.15) is 12.2 Å². The quantitative estimate of drug-likeness (QED) is 0.786. The molecular formula is C12H10O5. The molecule has 0 amide bonds. The molecular weight excluding hydrogens is 224 g/mol. The molecule has 5 heteroatoms. The summed E-state index contributed by atoms with van der Waals surface area (Å²) in [5.41, 5.74) is 0.516. The number of aryl methyl sites for hydroxylation is 1. The van der Waals surface area contributed by atoms with Gasteiger partial charge in [-0.2, -0.15) is 0 Å². The normalized spacial score (nSPS) is 10.6. The number of fused-ring (bicyclic) bond motifs is 1. The minimum absolute atomic E-state index is 0.0289. The zero-order valence-electron chi connectivity index (χ0n) is 8.84. The van der Waals surface area contributed by atoms with Crippen LogP contribution in [0.3, 0.4) is 0 Å². The second-order valence-electron chi connectivity index (χ2n) is 3.60. The Balaban J connectivity index is 2.22. The monoisotopic (exact) mass is 234 g/mol. The van der Waals surface area contributed by atoms with E-state index in [1.807, 2.05) is 0 Å². The summed E-state index contributed by atoms with van der Waals surface area (Å²) in [5, 5.41) is 18.8. The smallest absolute Gasteiger partial charge is 0.372 e. The van der Waals surface area contributed by atoms with E-state index in [1.54, 1.807) is 24.3 Å². The van der Waals surface area contributed by atoms with Crippen molar-refractivity contribution in [1.82, 2.24) is 0 Å². The van der Waals surface area contributed by atoms with Crippen LogP contribution in [0, 0.1) is 0 Å². The van der Waals surface area contributed by atoms with Gasteiger partial charge in [-0.15, -0.1) is 0 Å². The molecule has 0 saturated carbocycles. The molecule has 1 heterocycles. The molecule has 88 valence electrons. The van der Waals surface area contributed by atoms with Gasteiger partial charge in [0, 0.05) is 12.8 Å². The Labute approximate surface area is 96.3 Å². The topological polar surface area (TPSA) is 87.7 Å². The van der Waals surface area contributed by atoms with E-state index < -0.39 is 11.8 Å². The zero-order valence-corrected chi connectivity index (χ0v) is 8.84. The van der Waals surface area contributed by atoms with Crippen LogP contribution in [0.2, 0.25) is 0 Å². The van der Waals surface area contributed by atoms with Gasteiger partial charge in [-0.25, -0.2) is 4.79 Å². The number of rotatable bonds is 4. The lowest BCUT2D eigenvalue weighted by Crippen LogP contribution is -2.12. The first-order valence-corrected chi connectivity index (χ1v) is 5.05. The Hall–Kier alpha value is -2.30. The van der Waals surface area contributed by atoms with Crippen molar-refractivity contribution in [3.63, 3.8) is 0 Å². The first-order valence-electron chi connectivity index (χ1n) is 5.05. The first-order chi connectivity index (χ1) is 8.09. The third kappa shape index (κ3) is 2.13. The summed E-state index contributed by atoms with van der Waals surface area (Å²) in [5.74, 6) is -2.16. The fourth-order valence-corrected chi connectivity index (χ4v) is 1.59. The summed E-state index contributed by atoms with van der Waals surface area (Å²) in [6.07, 6.45) is -0.117. The summed E-state index contributed by atoms with van der Waals surface area (Å²) in [7, 11) is 0. The van der Waals surface area contributed by atoms with Crippen LogP contribution in [0.25, 0.3) is 11.0 Å². The maximum absolute atomic E-state index is 10.9. The maximum atomic E-state index is 10.9. The molecule has 2 N–H and O–H groups in total. The van der Waals surface area contributed by atoms with E-state index in [0.29, 0.717) is 11.0 Å². The van der Waals surface area contributed by atoms with Gasteiger partial charge in [0.2, 0.25) is 5.78 Å². The molecule has 0 aliphatic rings. The number of ketones is 1. The van der Waals surface area contributed by atoms with E-state index in [0.717, 1.165) is 0 Å². The van der Waals surface area contributed by atoms with Crippen molar-refractivity contribution in [2.45, 2.75) is 12.8 Å². The van der Waals surface area contributed by atoms with Crippen molar-refractivity contribution >= 4 is 22.7 Å². The van der Waals surface area contributed by atoms with Crippen LogP contribution in [0.5, 0.6) is 5.75 Å². The number of para-hydroxylation sites is 1. The Bertz CT molecular complexity index is 582. The molecule has 0 saturated heterocycles. The molecule has 17 heavy (non-hydrogen) atoms. The summed E-state index contributed by atoms with van der Waals surface area (Å²) in [4.78, 5) is 21.3. The van der Waals surface area contributed by atoms with E-state index in [1.165, 1.54) is 0 Å². The minimum Gasteiger partial charge on any atom is -0.504 e. The molecule has 2 aromatic rings. The highest BCUT2D eigenvalue weighted by atomic mass is 16.4. The molecule has 0 spiro atoms. The molecule has 1 aromatic carbocycles. The molecule has 2 rings (SSSR count). The third-order valence-electron chi connectivity index (χ3n) is 2.46. The fourth-order valence-electron chi connectivity index (χ4n) is 1.59. The summed E-state index contributed by atoms with van der Waals surface area (Å²) in [6.45, 7) is 0.